The van der Waals surface area contributed by atoms with Crippen molar-refractivity contribution in [1.82, 2.24) is 10.2 Å². The van der Waals surface area contributed by atoms with Gasteiger partial charge in [0.15, 0.2) is 11.5 Å². The zero-order valence-corrected chi connectivity index (χ0v) is 16.1. The molecule has 0 saturated heterocycles. The van der Waals surface area contributed by atoms with Crippen LogP contribution in [0.3, 0.4) is 0 Å². The van der Waals surface area contributed by atoms with E-state index in [9.17, 15) is 10.4 Å². The monoisotopic (exact) mass is 388 g/mol. The van der Waals surface area contributed by atoms with Crippen molar-refractivity contribution in [2.24, 2.45) is 5.73 Å². The number of aromatic amines is 1. The Balaban J connectivity index is 1.92. The van der Waals surface area contributed by atoms with Crippen molar-refractivity contribution in [3.63, 3.8) is 0 Å². The number of H-pyrrole nitrogens is 1. The van der Waals surface area contributed by atoms with Crippen LogP contribution in [0.2, 0.25) is 0 Å². The highest BCUT2D eigenvalue weighted by atomic mass is 16.5. The van der Waals surface area contributed by atoms with Gasteiger partial charge in [-0.05, 0) is 31.5 Å². The standard InChI is InChI=1S/C22H20N4O3/c1-3-28-17-10-14(8-9-16(17)27)18-15(11-23)21(24)29-22-19(18)20(25-26-22)13-6-4-12(2)5-7-13/h4-10,18,27H,3,24H2,1-2H3,(H,25,26)/t18-/m1/s1. The summed E-state index contributed by atoms with van der Waals surface area (Å²) in [6.45, 7) is 4.25. The fourth-order valence-electron chi connectivity index (χ4n) is 3.50. The number of hydrogen-bond acceptors (Lipinski definition) is 6. The number of allylic oxidation sites excluding steroid dienone is 1. The van der Waals surface area contributed by atoms with E-state index in [4.69, 9.17) is 15.2 Å². The normalized spacial score (nSPS) is 15.4. The molecule has 0 aliphatic carbocycles. The maximum absolute atomic E-state index is 10.1. The van der Waals surface area contributed by atoms with Gasteiger partial charge in [-0.1, -0.05) is 35.9 Å². The Morgan fingerprint density at radius 1 is 1.28 bits per heavy atom. The molecule has 0 amide bonds. The molecule has 0 saturated carbocycles. The minimum absolute atomic E-state index is 0.0120. The number of phenolic OH excluding ortho intramolecular Hbond substituents is 1. The highest BCUT2D eigenvalue weighted by Gasteiger charge is 2.36. The molecule has 7 heteroatoms. The van der Waals surface area contributed by atoms with Crippen LogP contribution < -0.4 is 15.2 Å². The number of rotatable bonds is 4. The lowest BCUT2D eigenvalue weighted by molar-refractivity contribution is 0.317. The van der Waals surface area contributed by atoms with E-state index in [2.05, 4.69) is 16.3 Å². The third-order valence-electron chi connectivity index (χ3n) is 4.90. The van der Waals surface area contributed by atoms with Crippen molar-refractivity contribution in [2.45, 2.75) is 19.8 Å². The number of nitriles is 1. The molecule has 4 rings (SSSR count). The summed E-state index contributed by atoms with van der Waals surface area (Å²) >= 11 is 0. The second-order valence-electron chi connectivity index (χ2n) is 6.77. The molecule has 2 aromatic carbocycles. The molecule has 0 bridgehead atoms. The van der Waals surface area contributed by atoms with Gasteiger partial charge in [0.25, 0.3) is 0 Å². The lowest BCUT2D eigenvalue weighted by Gasteiger charge is -2.24. The van der Waals surface area contributed by atoms with Crippen molar-refractivity contribution in [2.75, 3.05) is 6.61 Å². The summed E-state index contributed by atoms with van der Waals surface area (Å²) < 4.78 is 11.2. The van der Waals surface area contributed by atoms with E-state index < -0.39 is 5.92 Å². The van der Waals surface area contributed by atoms with Gasteiger partial charge in [-0.15, -0.1) is 5.10 Å². The van der Waals surface area contributed by atoms with Gasteiger partial charge in [0.2, 0.25) is 11.8 Å². The van der Waals surface area contributed by atoms with E-state index in [1.165, 1.54) is 0 Å². The molecule has 3 aromatic rings. The molecule has 2 heterocycles. The minimum atomic E-state index is -0.515. The molecule has 0 radical (unpaired) electrons. The Bertz CT molecular complexity index is 1140. The van der Waals surface area contributed by atoms with Crippen molar-refractivity contribution >= 4 is 0 Å². The summed E-state index contributed by atoms with van der Waals surface area (Å²) in [5.74, 6) is 0.197. The van der Waals surface area contributed by atoms with Gasteiger partial charge in [0.05, 0.1) is 23.8 Å². The SMILES string of the molecule is CCOc1cc([C@@H]2C(C#N)=C(N)Oc3n[nH]c(-c4ccc(C)cc4)c32)ccc1O. The molecule has 29 heavy (non-hydrogen) atoms. The van der Waals surface area contributed by atoms with E-state index in [0.29, 0.717) is 23.8 Å². The maximum Gasteiger partial charge on any atom is 0.244 e. The number of phenols is 1. The molecule has 1 aliphatic rings. The summed E-state index contributed by atoms with van der Waals surface area (Å²) in [6.07, 6.45) is 0. The van der Waals surface area contributed by atoms with Crippen LogP contribution >= 0.6 is 0 Å². The second kappa shape index (κ2) is 7.24. The maximum atomic E-state index is 10.1. The summed E-state index contributed by atoms with van der Waals surface area (Å²) in [7, 11) is 0. The second-order valence-corrected chi connectivity index (χ2v) is 6.77. The summed E-state index contributed by atoms with van der Waals surface area (Å²) in [6, 6.07) is 15.2. The Morgan fingerprint density at radius 3 is 2.72 bits per heavy atom. The predicted octanol–water partition coefficient (Wildman–Crippen LogP) is 3.71. The van der Waals surface area contributed by atoms with Gasteiger partial charge in [0, 0.05) is 5.56 Å². The predicted molar refractivity (Wildman–Crippen MR) is 107 cm³/mol. The van der Waals surface area contributed by atoms with Gasteiger partial charge in [-0.25, -0.2) is 0 Å². The topological polar surface area (TPSA) is 117 Å². The Labute approximate surface area is 168 Å². The van der Waals surface area contributed by atoms with Crippen molar-refractivity contribution in [1.29, 1.82) is 5.26 Å². The van der Waals surface area contributed by atoms with Crippen LogP contribution in [-0.4, -0.2) is 21.9 Å². The van der Waals surface area contributed by atoms with Gasteiger partial charge >= 0.3 is 0 Å². The summed E-state index contributed by atoms with van der Waals surface area (Å²) in [5, 5.41) is 27.2. The smallest absolute Gasteiger partial charge is 0.244 e. The average Bonchev–Trinajstić information content (AvgIpc) is 3.12. The first-order valence-corrected chi connectivity index (χ1v) is 9.22. The lowest BCUT2D eigenvalue weighted by atomic mass is 9.83. The molecule has 0 unspecified atom stereocenters. The number of aromatic hydroxyl groups is 1. The first-order valence-electron chi connectivity index (χ1n) is 9.22. The van der Waals surface area contributed by atoms with Crippen molar-refractivity contribution < 1.29 is 14.6 Å². The first kappa shape index (κ1) is 18.4. The fourth-order valence-corrected chi connectivity index (χ4v) is 3.50. The molecule has 0 spiro atoms. The molecule has 0 fully saturated rings. The molecule has 4 N–H and O–H groups in total. The van der Waals surface area contributed by atoms with Gasteiger partial charge in [0.1, 0.15) is 11.6 Å². The highest BCUT2D eigenvalue weighted by Crippen LogP contribution is 2.46. The zero-order valence-electron chi connectivity index (χ0n) is 16.1. The number of nitrogens with zero attached hydrogens (tertiary/aromatic N) is 2. The molecule has 1 atom stereocenters. The largest absolute Gasteiger partial charge is 0.504 e. The molecular weight excluding hydrogens is 368 g/mol. The number of nitrogens with one attached hydrogen (secondary N) is 1. The number of aryl methyl sites for hydroxylation is 1. The number of aromatic nitrogens is 2. The Hall–Kier alpha value is -3.92. The Kier molecular flexibility index (Phi) is 4.61. The van der Waals surface area contributed by atoms with Crippen LogP contribution in [0, 0.1) is 18.3 Å². The van der Waals surface area contributed by atoms with Crippen LogP contribution in [0.4, 0.5) is 0 Å². The van der Waals surface area contributed by atoms with E-state index in [1.54, 1.807) is 18.2 Å². The molecule has 1 aliphatic heterocycles. The van der Waals surface area contributed by atoms with E-state index >= 15 is 0 Å². The van der Waals surface area contributed by atoms with Gasteiger partial charge < -0.3 is 20.3 Å². The zero-order chi connectivity index (χ0) is 20.5. The molecule has 7 nitrogen and oxygen atoms in total. The highest BCUT2D eigenvalue weighted by molar-refractivity contribution is 5.71. The third kappa shape index (κ3) is 3.15. The minimum Gasteiger partial charge on any atom is -0.504 e. The first-order chi connectivity index (χ1) is 14.0. The number of nitrogens with two attached hydrogens (primary N) is 1. The summed E-state index contributed by atoms with van der Waals surface area (Å²) in [5.41, 5.74) is 10.6. The van der Waals surface area contributed by atoms with Crippen LogP contribution in [0.5, 0.6) is 17.4 Å². The molecule has 146 valence electrons. The van der Waals surface area contributed by atoms with Crippen LogP contribution in [0.25, 0.3) is 11.3 Å². The van der Waals surface area contributed by atoms with Crippen LogP contribution in [-0.2, 0) is 0 Å². The van der Waals surface area contributed by atoms with Crippen molar-refractivity contribution in [3.05, 3.63) is 70.6 Å². The third-order valence-corrected chi connectivity index (χ3v) is 4.90. The van der Waals surface area contributed by atoms with E-state index in [1.807, 2.05) is 38.1 Å². The quantitative estimate of drug-likeness (QED) is 0.627. The van der Waals surface area contributed by atoms with E-state index in [0.717, 1.165) is 22.4 Å². The van der Waals surface area contributed by atoms with Gasteiger partial charge in [-0.3, -0.25) is 5.10 Å². The van der Waals surface area contributed by atoms with Gasteiger partial charge in [-0.2, -0.15) is 5.26 Å². The summed E-state index contributed by atoms with van der Waals surface area (Å²) in [4.78, 5) is 0. The lowest BCUT2D eigenvalue weighted by Crippen LogP contribution is -2.21. The number of fused-ring (bicyclic) bond motifs is 1. The Morgan fingerprint density at radius 2 is 2.03 bits per heavy atom. The average molecular weight is 388 g/mol. The molecular formula is C22H20N4O3. The molecule has 1 aromatic heterocycles. The number of hydrogen-bond donors (Lipinski definition) is 3. The number of benzene rings is 2. The van der Waals surface area contributed by atoms with Crippen LogP contribution in [0.1, 0.15) is 29.5 Å². The van der Waals surface area contributed by atoms with Crippen LogP contribution in [0.15, 0.2) is 53.9 Å². The number of ether oxygens (including phenoxy) is 2. The fraction of sp³-hybridized carbons (Fsp3) is 0.182. The van der Waals surface area contributed by atoms with E-state index in [-0.39, 0.29) is 17.2 Å². The van der Waals surface area contributed by atoms with Crippen molar-refractivity contribution in [3.8, 4) is 34.7 Å².